The van der Waals surface area contributed by atoms with Gasteiger partial charge in [0.15, 0.2) is 0 Å². The molecule has 0 atom stereocenters. The topological polar surface area (TPSA) is 0 Å². The highest BCUT2D eigenvalue weighted by atomic mass is 32.2. The summed E-state index contributed by atoms with van der Waals surface area (Å²) in [5.74, 6) is 2.25. The Morgan fingerprint density at radius 2 is 0.438 bits per heavy atom. The maximum atomic E-state index is 2.30. The molecule has 0 bridgehead atoms. The third kappa shape index (κ3) is 7.83. The summed E-state index contributed by atoms with van der Waals surface area (Å²) in [6, 6.07) is 66.5. The van der Waals surface area contributed by atoms with Crippen molar-refractivity contribution < 1.29 is 0 Å². The first-order valence-electron chi connectivity index (χ1n) is 17.4. The van der Waals surface area contributed by atoms with E-state index >= 15 is 0 Å². The van der Waals surface area contributed by atoms with Crippen LogP contribution in [-0.4, -0.2) is 11.5 Å². The zero-order valence-electron chi connectivity index (χ0n) is 27.8. The van der Waals surface area contributed by atoms with Gasteiger partial charge in [-0.15, -0.1) is 23.5 Å². The van der Waals surface area contributed by atoms with Crippen LogP contribution in [0.3, 0.4) is 0 Å². The van der Waals surface area contributed by atoms with Gasteiger partial charge in [-0.2, -0.15) is 0 Å². The Hall–Kier alpha value is -3.98. The summed E-state index contributed by atoms with van der Waals surface area (Å²) in [5.41, 5.74) is 8.10. The summed E-state index contributed by atoms with van der Waals surface area (Å²) in [6.45, 7) is 0. The minimum atomic E-state index is -0.218. The van der Waals surface area contributed by atoms with Gasteiger partial charge in [-0.1, -0.05) is 208 Å². The molecule has 0 saturated carbocycles. The number of unbranched alkanes of at least 4 members (excludes halogenated alkanes) is 5. The van der Waals surface area contributed by atoms with Crippen LogP contribution < -0.4 is 0 Å². The lowest BCUT2D eigenvalue weighted by molar-refractivity contribution is 0.628. The fourth-order valence-electron chi connectivity index (χ4n) is 6.90. The molecule has 0 amide bonds. The Morgan fingerprint density at radius 1 is 0.250 bits per heavy atom. The summed E-state index contributed by atoms with van der Waals surface area (Å²) in [7, 11) is 0. The number of rotatable bonds is 17. The lowest BCUT2D eigenvalue weighted by Crippen LogP contribution is -2.26. The third-order valence-corrected chi connectivity index (χ3v) is 12.5. The zero-order valence-corrected chi connectivity index (χ0v) is 29.4. The van der Waals surface area contributed by atoms with Crippen molar-refractivity contribution in [3.63, 3.8) is 0 Å². The van der Waals surface area contributed by atoms with Crippen LogP contribution in [0, 0.1) is 0 Å². The van der Waals surface area contributed by atoms with Crippen LogP contribution in [0.1, 0.15) is 71.9 Å². The van der Waals surface area contributed by atoms with Crippen LogP contribution in [0.5, 0.6) is 0 Å². The molecule has 0 heterocycles. The number of hydrogen-bond acceptors (Lipinski definition) is 2. The van der Waals surface area contributed by atoms with Crippen LogP contribution >= 0.6 is 23.5 Å². The molecule has 2 heteroatoms. The molecule has 0 unspecified atom stereocenters. The van der Waals surface area contributed by atoms with E-state index < -0.39 is 0 Å². The van der Waals surface area contributed by atoms with Gasteiger partial charge in [0.05, 0.1) is 9.49 Å². The van der Waals surface area contributed by atoms with Crippen molar-refractivity contribution >= 4 is 23.5 Å². The second kappa shape index (κ2) is 17.4. The summed E-state index contributed by atoms with van der Waals surface area (Å²) in [6.07, 6.45) is 7.59. The Bertz CT molecular complexity index is 1410. The van der Waals surface area contributed by atoms with E-state index in [-0.39, 0.29) is 9.49 Å². The van der Waals surface area contributed by atoms with Crippen molar-refractivity contribution in [3.05, 3.63) is 215 Å². The molecule has 6 aromatic carbocycles. The molecular weight excluding hydrogens is 617 g/mol. The third-order valence-electron chi connectivity index (χ3n) is 9.26. The van der Waals surface area contributed by atoms with E-state index in [1.807, 2.05) is 0 Å². The minimum Gasteiger partial charge on any atom is -0.141 e. The van der Waals surface area contributed by atoms with Crippen molar-refractivity contribution in [3.8, 4) is 0 Å². The second-order valence-electron chi connectivity index (χ2n) is 12.4. The van der Waals surface area contributed by atoms with E-state index in [0.717, 1.165) is 11.5 Å². The quantitative estimate of drug-likeness (QED) is 0.0704. The maximum Gasteiger partial charge on any atom is 0.0906 e. The summed E-state index contributed by atoms with van der Waals surface area (Å²) in [5, 5.41) is 0. The first-order valence-corrected chi connectivity index (χ1v) is 19.4. The smallest absolute Gasteiger partial charge is 0.0906 e. The molecule has 0 aliphatic rings. The van der Waals surface area contributed by atoms with Crippen molar-refractivity contribution in [2.24, 2.45) is 0 Å². The van der Waals surface area contributed by atoms with E-state index in [9.17, 15) is 0 Å². The molecule has 6 aromatic rings. The molecule has 0 aliphatic carbocycles. The van der Waals surface area contributed by atoms with Crippen LogP contribution in [0.4, 0.5) is 0 Å². The highest BCUT2D eigenvalue weighted by molar-refractivity contribution is 8.00. The highest BCUT2D eigenvalue weighted by Crippen LogP contribution is 2.50. The molecule has 0 fully saturated rings. The Balaban J connectivity index is 1.05. The van der Waals surface area contributed by atoms with Gasteiger partial charge >= 0.3 is 0 Å². The van der Waals surface area contributed by atoms with Gasteiger partial charge in [0, 0.05) is 0 Å². The van der Waals surface area contributed by atoms with Gasteiger partial charge in [0.25, 0.3) is 0 Å². The van der Waals surface area contributed by atoms with E-state index in [4.69, 9.17) is 0 Å². The standard InChI is InChI=1S/C46H46S2/c1(3-23-37-47-45(39-25-11-5-12-26-39,40-27-13-6-14-28-40)41-29-15-7-16-30-41)2-4-24-38-48-46(42-31-17-8-18-32-42,43-33-19-9-20-34-43)44-35-21-10-22-36-44/h5-22,25-36H,1-4,23-24,37-38H2. The van der Waals surface area contributed by atoms with Gasteiger partial charge in [-0.3, -0.25) is 0 Å². The molecule has 0 aliphatic heterocycles. The van der Waals surface area contributed by atoms with Crippen LogP contribution in [0.25, 0.3) is 0 Å². The molecule has 0 spiro atoms. The van der Waals surface area contributed by atoms with Crippen molar-refractivity contribution in [2.75, 3.05) is 11.5 Å². The molecular formula is C46H46S2. The van der Waals surface area contributed by atoms with Crippen molar-refractivity contribution in [1.29, 1.82) is 0 Å². The van der Waals surface area contributed by atoms with Gasteiger partial charge in [0.1, 0.15) is 0 Å². The Kier molecular flexibility index (Phi) is 12.3. The van der Waals surface area contributed by atoms with Crippen LogP contribution in [0.15, 0.2) is 182 Å². The minimum absolute atomic E-state index is 0.218. The lowest BCUT2D eigenvalue weighted by atomic mass is 9.84. The van der Waals surface area contributed by atoms with E-state index in [1.54, 1.807) is 0 Å². The summed E-state index contributed by atoms with van der Waals surface area (Å²) >= 11 is 4.19. The molecule has 0 nitrogen and oxygen atoms in total. The van der Waals surface area contributed by atoms with Crippen LogP contribution in [-0.2, 0) is 9.49 Å². The van der Waals surface area contributed by atoms with Gasteiger partial charge in [0.2, 0.25) is 0 Å². The zero-order chi connectivity index (χ0) is 32.7. The largest absolute Gasteiger partial charge is 0.141 e. The van der Waals surface area contributed by atoms with Gasteiger partial charge in [-0.25, -0.2) is 0 Å². The second-order valence-corrected chi connectivity index (χ2v) is 15.0. The molecule has 242 valence electrons. The van der Waals surface area contributed by atoms with Crippen LogP contribution in [0.2, 0.25) is 0 Å². The van der Waals surface area contributed by atoms with Gasteiger partial charge < -0.3 is 0 Å². The first-order chi connectivity index (χ1) is 23.8. The van der Waals surface area contributed by atoms with E-state index in [2.05, 4.69) is 206 Å². The average molecular weight is 663 g/mol. The van der Waals surface area contributed by atoms with Crippen molar-refractivity contribution in [2.45, 2.75) is 48.0 Å². The Labute approximate surface area is 297 Å². The first kappa shape index (κ1) is 33.9. The SMILES string of the molecule is c1ccc(C(SCCCCCCCCSC(c2ccccc2)(c2ccccc2)c2ccccc2)(c2ccccc2)c2ccccc2)cc1. The molecule has 0 N–H and O–H groups in total. The summed E-state index contributed by atoms with van der Waals surface area (Å²) < 4.78 is -0.437. The molecule has 0 aromatic heterocycles. The average Bonchev–Trinajstić information content (AvgIpc) is 3.18. The lowest BCUT2D eigenvalue weighted by Gasteiger charge is -2.35. The fraction of sp³-hybridized carbons (Fsp3) is 0.217. The molecule has 6 rings (SSSR count). The number of benzene rings is 6. The maximum absolute atomic E-state index is 2.30. The monoisotopic (exact) mass is 662 g/mol. The normalized spacial score (nSPS) is 11.8. The predicted octanol–water partition coefficient (Wildman–Crippen LogP) is 12.8. The molecule has 0 radical (unpaired) electrons. The molecule has 48 heavy (non-hydrogen) atoms. The van der Waals surface area contributed by atoms with E-state index in [0.29, 0.717) is 0 Å². The highest BCUT2D eigenvalue weighted by Gasteiger charge is 2.37. The predicted molar refractivity (Wildman–Crippen MR) is 211 cm³/mol. The number of hydrogen-bond donors (Lipinski definition) is 0. The summed E-state index contributed by atoms with van der Waals surface area (Å²) in [4.78, 5) is 0. The molecule has 0 saturated heterocycles. The van der Waals surface area contributed by atoms with E-state index in [1.165, 1.54) is 71.9 Å². The number of thioether (sulfide) groups is 2. The Morgan fingerprint density at radius 3 is 0.646 bits per heavy atom. The fourth-order valence-corrected chi connectivity index (χ4v) is 10.0. The van der Waals surface area contributed by atoms with Gasteiger partial charge in [-0.05, 0) is 57.7 Å². The van der Waals surface area contributed by atoms with Crippen molar-refractivity contribution in [1.82, 2.24) is 0 Å².